The van der Waals surface area contributed by atoms with E-state index in [-0.39, 0.29) is 12.0 Å². The van der Waals surface area contributed by atoms with E-state index in [1.165, 1.54) is 12.1 Å². The van der Waals surface area contributed by atoms with Crippen LogP contribution < -0.4 is 11.3 Å². The van der Waals surface area contributed by atoms with Gasteiger partial charge in [-0.3, -0.25) is 11.3 Å². The summed E-state index contributed by atoms with van der Waals surface area (Å²) < 4.78 is 38.5. The first kappa shape index (κ1) is 16.3. The van der Waals surface area contributed by atoms with Gasteiger partial charge in [0.15, 0.2) is 0 Å². The monoisotopic (exact) mass is 300 g/mol. The van der Waals surface area contributed by atoms with Crippen molar-refractivity contribution in [2.45, 2.75) is 51.7 Å². The number of hydrazine groups is 1. The second-order valence-corrected chi connectivity index (χ2v) is 6.77. The van der Waals surface area contributed by atoms with Crippen LogP contribution in [0.4, 0.5) is 13.2 Å². The number of hydrogen-bond donors (Lipinski definition) is 2. The van der Waals surface area contributed by atoms with Crippen molar-refractivity contribution >= 4 is 0 Å². The van der Waals surface area contributed by atoms with Gasteiger partial charge in [-0.05, 0) is 54.7 Å². The van der Waals surface area contributed by atoms with Crippen LogP contribution in [0.3, 0.4) is 0 Å². The van der Waals surface area contributed by atoms with Gasteiger partial charge in [0, 0.05) is 6.04 Å². The third kappa shape index (κ3) is 3.98. The highest BCUT2D eigenvalue weighted by atomic mass is 19.4. The molecule has 0 aliphatic heterocycles. The molecule has 1 aliphatic rings. The zero-order valence-electron chi connectivity index (χ0n) is 12.5. The highest BCUT2D eigenvalue weighted by Crippen LogP contribution is 2.43. The third-order valence-electron chi connectivity index (χ3n) is 4.61. The first-order valence-corrected chi connectivity index (χ1v) is 7.36. The number of rotatable bonds is 3. The predicted molar refractivity (Wildman–Crippen MR) is 77.2 cm³/mol. The minimum Gasteiger partial charge on any atom is -0.271 e. The van der Waals surface area contributed by atoms with Crippen molar-refractivity contribution in [3.63, 3.8) is 0 Å². The summed E-state index contributed by atoms with van der Waals surface area (Å²) in [7, 11) is 0. The van der Waals surface area contributed by atoms with E-state index in [1.54, 1.807) is 6.07 Å². The predicted octanol–water partition coefficient (Wildman–Crippen LogP) is 4.43. The third-order valence-corrected chi connectivity index (χ3v) is 4.61. The molecule has 2 nitrogen and oxygen atoms in total. The Morgan fingerprint density at radius 2 is 1.86 bits per heavy atom. The highest BCUT2D eigenvalue weighted by Gasteiger charge is 2.34. The Morgan fingerprint density at radius 3 is 2.38 bits per heavy atom. The van der Waals surface area contributed by atoms with Gasteiger partial charge in [-0.1, -0.05) is 26.0 Å². The van der Waals surface area contributed by atoms with Crippen molar-refractivity contribution in [1.82, 2.24) is 5.43 Å². The Labute approximate surface area is 123 Å². The molecule has 0 aromatic heterocycles. The van der Waals surface area contributed by atoms with E-state index in [0.29, 0.717) is 11.0 Å². The number of nitrogens with two attached hydrogens (primary N) is 1. The van der Waals surface area contributed by atoms with E-state index in [9.17, 15) is 13.2 Å². The van der Waals surface area contributed by atoms with Crippen LogP contribution >= 0.6 is 0 Å². The van der Waals surface area contributed by atoms with Gasteiger partial charge in [0.1, 0.15) is 0 Å². The summed E-state index contributed by atoms with van der Waals surface area (Å²) in [6.45, 7) is 4.47. The van der Waals surface area contributed by atoms with Crippen molar-refractivity contribution in [3.8, 4) is 0 Å². The van der Waals surface area contributed by atoms with Crippen molar-refractivity contribution in [2.75, 3.05) is 0 Å². The molecule has 2 rings (SSSR count). The molecule has 1 aromatic rings. The number of benzene rings is 1. The van der Waals surface area contributed by atoms with Gasteiger partial charge in [0.25, 0.3) is 0 Å². The summed E-state index contributed by atoms with van der Waals surface area (Å²) in [5, 5.41) is 0. The van der Waals surface area contributed by atoms with E-state index in [2.05, 4.69) is 19.3 Å². The lowest BCUT2D eigenvalue weighted by atomic mass is 9.70. The molecule has 21 heavy (non-hydrogen) atoms. The van der Waals surface area contributed by atoms with Crippen molar-refractivity contribution in [1.29, 1.82) is 0 Å². The molecule has 0 radical (unpaired) electrons. The summed E-state index contributed by atoms with van der Waals surface area (Å²) in [6.07, 6.45) is -0.191. The van der Waals surface area contributed by atoms with E-state index in [0.717, 1.165) is 31.7 Å². The second kappa shape index (κ2) is 5.97. The van der Waals surface area contributed by atoms with Crippen LogP contribution in [0.15, 0.2) is 24.3 Å². The van der Waals surface area contributed by atoms with Crippen LogP contribution in [-0.2, 0) is 6.18 Å². The molecule has 0 bridgehead atoms. The Balaban J connectivity index is 2.18. The normalized spacial score (nSPS) is 21.2. The van der Waals surface area contributed by atoms with Gasteiger partial charge in [-0.15, -0.1) is 0 Å². The van der Waals surface area contributed by atoms with Crippen molar-refractivity contribution < 1.29 is 13.2 Å². The van der Waals surface area contributed by atoms with Gasteiger partial charge in [0.2, 0.25) is 0 Å². The van der Waals surface area contributed by atoms with Gasteiger partial charge in [0.05, 0.1) is 5.56 Å². The minimum absolute atomic E-state index is 0.219. The Morgan fingerprint density at radius 1 is 1.24 bits per heavy atom. The lowest BCUT2D eigenvalue weighted by Gasteiger charge is -2.38. The lowest BCUT2D eigenvalue weighted by molar-refractivity contribution is -0.137. The zero-order chi connectivity index (χ0) is 15.7. The van der Waals surface area contributed by atoms with Crippen LogP contribution in [0.25, 0.3) is 0 Å². The maximum atomic E-state index is 12.8. The Hall–Kier alpha value is -1.07. The molecule has 0 spiro atoms. The molecule has 118 valence electrons. The molecule has 1 aliphatic carbocycles. The van der Waals surface area contributed by atoms with Gasteiger partial charge in [-0.2, -0.15) is 13.2 Å². The first-order valence-electron chi connectivity index (χ1n) is 7.36. The van der Waals surface area contributed by atoms with E-state index in [4.69, 9.17) is 5.84 Å². The summed E-state index contributed by atoms with van der Waals surface area (Å²) in [5.74, 6) is 5.91. The molecule has 3 N–H and O–H groups in total. The maximum absolute atomic E-state index is 12.8. The van der Waals surface area contributed by atoms with Crippen LogP contribution in [0, 0.1) is 11.3 Å². The number of halogens is 3. The Bertz CT molecular complexity index is 473. The van der Waals surface area contributed by atoms with Crippen LogP contribution in [-0.4, -0.2) is 0 Å². The summed E-state index contributed by atoms with van der Waals surface area (Å²) in [4.78, 5) is 0. The first-order chi connectivity index (χ1) is 9.73. The molecule has 1 atom stereocenters. The van der Waals surface area contributed by atoms with Gasteiger partial charge < -0.3 is 0 Å². The fourth-order valence-electron chi connectivity index (χ4n) is 3.17. The van der Waals surface area contributed by atoms with E-state index < -0.39 is 11.7 Å². The van der Waals surface area contributed by atoms with Gasteiger partial charge >= 0.3 is 6.18 Å². The molecule has 1 unspecified atom stereocenters. The fraction of sp³-hybridized carbons (Fsp3) is 0.625. The standard InChI is InChI=1S/C16H23F3N2/c1-15(2)8-6-11(7-9-15)14(21-20)12-4-3-5-13(10-12)16(17,18)19/h3-5,10-11,14,21H,6-9,20H2,1-2H3. The molecular formula is C16H23F3N2. The molecule has 5 heteroatoms. The van der Waals surface area contributed by atoms with Gasteiger partial charge in [-0.25, -0.2) is 0 Å². The van der Waals surface area contributed by atoms with Crippen molar-refractivity contribution in [3.05, 3.63) is 35.4 Å². The smallest absolute Gasteiger partial charge is 0.271 e. The molecule has 0 amide bonds. The topological polar surface area (TPSA) is 38.0 Å². The quantitative estimate of drug-likeness (QED) is 0.640. The largest absolute Gasteiger partial charge is 0.416 e. The average Bonchev–Trinajstić information content (AvgIpc) is 2.41. The summed E-state index contributed by atoms with van der Waals surface area (Å²) >= 11 is 0. The molecular weight excluding hydrogens is 277 g/mol. The van der Waals surface area contributed by atoms with E-state index in [1.807, 2.05) is 0 Å². The summed E-state index contributed by atoms with van der Waals surface area (Å²) in [5.41, 5.74) is 3.06. The molecule has 1 aromatic carbocycles. The molecule has 1 saturated carbocycles. The molecule has 1 fully saturated rings. The highest BCUT2D eigenvalue weighted by molar-refractivity contribution is 5.28. The van der Waals surface area contributed by atoms with Crippen molar-refractivity contribution in [2.24, 2.45) is 17.2 Å². The Kier molecular flexibility index (Phi) is 4.63. The number of hydrogen-bond acceptors (Lipinski definition) is 2. The number of nitrogens with one attached hydrogen (secondary N) is 1. The molecule has 0 heterocycles. The lowest BCUT2D eigenvalue weighted by Crippen LogP contribution is -2.36. The van der Waals surface area contributed by atoms with E-state index >= 15 is 0 Å². The number of alkyl halides is 3. The van der Waals surface area contributed by atoms with Crippen LogP contribution in [0.5, 0.6) is 0 Å². The minimum atomic E-state index is -4.32. The SMILES string of the molecule is CC1(C)CCC(C(NN)c2cccc(C(F)(F)F)c2)CC1. The maximum Gasteiger partial charge on any atom is 0.416 e. The fourth-order valence-corrected chi connectivity index (χ4v) is 3.17. The molecule has 0 saturated heterocycles. The summed E-state index contributed by atoms with van der Waals surface area (Å²) in [6, 6.07) is 5.27. The second-order valence-electron chi connectivity index (χ2n) is 6.77. The van der Waals surface area contributed by atoms with Crippen LogP contribution in [0.1, 0.15) is 56.7 Å². The zero-order valence-corrected chi connectivity index (χ0v) is 12.5. The van der Waals surface area contributed by atoms with Crippen LogP contribution in [0.2, 0.25) is 0 Å². The average molecular weight is 300 g/mol.